The highest BCUT2D eigenvalue weighted by atomic mass is 16.5. The molecule has 4 nitrogen and oxygen atoms in total. The Bertz CT molecular complexity index is 960. The molecule has 0 aliphatic heterocycles. The van der Waals surface area contributed by atoms with Gasteiger partial charge in [-0.2, -0.15) is 0 Å². The summed E-state index contributed by atoms with van der Waals surface area (Å²) in [5.74, 6) is 1.89. The molecule has 0 saturated heterocycles. The lowest BCUT2D eigenvalue weighted by Gasteiger charge is -2.07. The molecule has 0 radical (unpaired) electrons. The van der Waals surface area contributed by atoms with Gasteiger partial charge in [-0.1, -0.05) is 18.2 Å². The number of rotatable bonds is 3. The summed E-state index contributed by atoms with van der Waals surface area (Å²) in [6.45, 7) is 1.84. The molecular formula is C19H16O4. The van der Waals surface area contributed by atoms with Gasteiger partial charge >= 0.3 is 0 Å². The van der Waals surface area contributed by atoms with Crippen LogP contribution in [0.5, 0.6) is 5.75 Å². The van der Waals surface area contributed by atoms with E-state index in [4.69, 9.17) is 13.6 Å². The van der Waals surface area contributed by atoms with E-state index in [1.165, 1.54) is 0 Å². The summed E-state index contributed by atoms with van der Waals surface area (Å²) in [7, 11) is 1.61. The molecule has 1 atom stereocenters. The van der Waals surface area contributed by atoms with Crippen LogP contribution < -0.4 is 4.74 Å². The van der Waals surface area contributed by atoms with Crippen LogP contribution in [-0.2, 0) is 0 Å². The van der Waals surface area contributed by atoms with Gasteiger partial charge in [0.1, 0.15) is 34.5 Å². The van der Waals surface area contributed by atoms with Gasteiger partial charge in [0.05, 0.1) is 7.11 Å². The zero-order valence-electron chi connectivity index (χ0n) is 12.9. The maximum Gasteiger partial charge on any atom is 0.141 e. The second-order valence-electron chi connectivity index (χ2n) is 5.52. The summed E-state index contributed by atoms with van der Waals surface area (Å²) in [6, 6.07) is 15.1. The fourth-order valence-corrected chi connectivity index (χ4v) is 2.96. The summed E-state index contributed by atoms with van der Waals surface area (Å²) in [5, 5.41) is 12.6. The molecule has 1 N–H and O–H groups in total. The topological polar surface area (TPSA) is 55.7 Å². The highest BCUT2D eigenvalue weighted by Gasteiger charge is 2.23. The summed E-state index contributed by atoms with van der Waals surface area (Å²) in [5.41, 5.74) is 2.18. The third-order valence-corrected chi connectivity index (χ3v) is 4.11. The van der Waals surface area contributed by atoms with Crippen molar-refractivity contribution < 1.29 is 18.7 Å². The van der Waals surface area contributed by atoms with Gasteiger partial charge in [-0.15, -0.1) is 0 Å². The van der Waals surface area contributed by atoms with Crippen molar-refractivity contribution in [3.8, 4) is 5.75 Å². The van der Waals surface area contributed by atoms with Gasteiger partial charge in [0.2, 0.25) is 0 Å². The number of benzene rings is 2. The van der Waals surface area contributed by atoms with Crippen LogP contribution in [0.3, 0.4) is 0 Å². The Labute approximate surface area is 132 Å². The summed E-state index contributed by atoms with van der Waals surface area (Å²) in [4.78, 5) is 0. The average Bonchev–Trinajstić information content (AvgIpc) is 3.13. The van der Waals surface area contributed by atoms with E-state index in [0.717, 1.165) is 22.1 Å². The van der Waals surface area contributed by atoms with E-state index in [0.29, 0.717) is 22.7 Å². The smallest absolute Gasteiger partial charge is 0.141 e. The molecule has 2 aromatic heterocycles. The van der Waals surface area contributed by atoms with Crippen LogP contribution in [0.1, 0.15) is 23.2 Å². The Morgan fingerprint density at radius 1 is 1.00 bits per heavy atom. The Hall–Kier alpha value is -2.72. The Balaban J connectivity index is 1.88. The SMILES string of the molecule is COc1ccc2oc(C)c(C(O)c3cc4ccccc4o3)c2c1. The van der Waals surface area contributed by atoms with Crippen molar-refractivity contribution in [3.63, 3.8) is 0 Å². The molecular weight excluding hydrogens is 292 g/mol. The lowest BCUT2D eigenvalue weighted by molar-refractivity contribution is 0.191. The number of ether oxygens (including phenoxy) is 1. The average molecular weight is 308 g/mol. The van der Waals surface area contributed by atoms with E-state index < -0.39 is 6.10 Å². The second-order valence-corrected chi connectivity index (χ2v) is 5.52. The molecule has 0 amide bonds. The molecule has 23 heavy (non-hydrogen) atoms. The molecule has 0 saturated carbocycles. The van der Waals surface area contributed by atoms with Crippen LogP contribution in [0.4, 0.5) is 0 Å². The molecule has 2 heterocycles. The van der Waals surface area contributed by atoms with Crippen molar-refractivity contribution >= 4 is 21.9 Å². The molecule has 1 unspecified atom stereocenters. The second kappa shape index (κ2) is 5.18. The van der Waals surface area contributed by atoms with Gasteiger partial charge in [-0.3, -0.25) is 0 Å². The predicted octanol–water partition coefficient (Wildman–Crippen LogP) is 4.58. The largest absolute Gasteiger partial charge is 0.497 e. The first-order chi connectivity index (χ1) is 11.2. The Kier molecular flexibility index (Phi) is 3.13. The third kappa shape index (κ3) is 2.19. The minimum atomic E-state index is -0.893. The fourth-order valence-electron chi connectivity index (χ4n) is 2.96. The van der Waals surface area contributed by atoms with Gasteiger partial charge in [-0.05, 0) is 37.3 Å². The number of aliphatic hydroxyl groups excluding tert-OH is 1. The molecule has 0 aliphatic carbocycles. The number of fused-ring (bicyclic) bond motifs is 2. The normalized spacial score (nSPS) is 12.8. The predicted molar refractivity (Wildman–Crippen MR) is 87.8 cm³/mol. The lowest BCUT2D eigenvalue weighted by Crippen LogP contribution is -1.99. The maximum atomic E-state index is 10.8. The number of hydrogen-bond donors (Lipinski definition) is 1. The van der Waals surface area contributed by atoms with E-state index in [-0.39, 0.29) is 0 Å². The Morgan fingerprint density at radius 2 is 1.83 bits per heavy atom. The van der Waals surface area contributed by atoms with E-state index in [2.05, 4.69) is 0 Å². The summed E-state index contributed by atoms with van der Waals surface area (Å²) < 4.78 is 16.8. The van der Waals surface area contributed by atoms with Crippen LogP contribution in [0.15, 0.2) is 57.4 Å². The quantitative estimate of drug-likeness (QED) is 0.602. The molecule has 0 fully saturated rings. The number of aliphatic hydroxyl groups is 1. The van der Waals surface area contributed by atoms with Crippen molar-refractivity contribution in [2.45, 2.75) is 13.0 Å². The van der Waals surface area contributed by atoms with Crippen LogP contribution >= 0.6 is 0 Å². The number of hydrogen-bond acceptors (Lipinski definition) is 4. The first kappa shape index (κ1) is 13.9. The molecule has 0 aliphatic rings. The van der Waals surface area contributed by atoms with E-state index in [1.54, 1.807) is 7.11 Å². The highest BCUT2D eigenvalue weighted by Crippen LogP contribution is 2.37. The van der Waals surface area contributed by atoms with Crippen molar-refractivity contribution in [1.29, 1.82) is 0 Å². The zero-order valence-corrected chi connectivity index (χ0v) is 12.9. The van der Waals surface area contributed by atoms with Crippen molar-refractivity contribution in [2.24, 2.45) is 0 Å². The van der Waals surface area contributed by atoms with Gasteiger partial charge < -0.3 is 18.7 Å². The molecule has 116 valence electrons. The monoisotopic (exact) mass is 308 g/mol. The number of furan rings is 2. The minimum absolute atomic E-state index is 0.500. The number of para-hydroxylation sites is 1. The fraction of sp³-hybridized carbons (Fsp3) is 0.158. The van der Waals surface area contributed by atoms with Gasteiger partial charge in [0.25, 0.3) is 0 Å². The van der Waals surface area contributed by atoms with Crippen LogP contribution in [0.25, 0.3) is 21.9 Å². The Morgan fingerprint density at radius 3 is 2.61 bits per heavy atom. The van der Waals surface area contributed by atoms with Crippen LogP contribution in [0, 0.1) is 6.92 Å². The van der Waals surface area contributed by atoms with Gasteiger partial charge in [0.15, 0.2) is 0 Å². The standard InChI is InChI=1S/C19H16O4/c1-11-18(14-10-13(21-2)7-8-16(14)22-11)19(20)17-9-12-5-3-4-6-15(12)23-17/h3-10,19-20H,1-2H3. The number of methoxy groups -OCH3 is 1. The lowest BCUT2D eigenvalue weighted by atomic mass is 10.0. The van der Waals surface area contributed by atoms with Crippen molar-refractivity contribution in [3.05, 3.63) is 65.6 Å². The molecule has 4 rings (SSSR count). The van der Waals surface area contributed by atoms with Crippen LogP contribution in [0.2, 0.25) is 0 Å². The van der Waals surface area contributed by atoms with E-state index >= 15 is 0 Å². The zero-order chi connectivity index (χ0) is 16.0. The summed E-state index contributed by atoms with van der Waals surface area (Å²) >= 11 is 0. The molecule has 2 aromatic carbocycles. The van der Waals surface area contributed by atoms with Crippen molar-refractivity contribution in [2.75, 3.05) is 7.11 Å². The molecule has 0 spiro atoms. The highest BCUT2D eigenvalue weighted by molar-refractivity contribution is 5.85. The first-order valence-corrected chi connectivity index (χ1v) is 7.41. The van der Waals surface area contributed by atoms with Crippen LogP contribution in [-0.4, -0.2) is 12.2 Å². The maximum absolute atomic E-state index is 10.8. The molecule has 4 aromatic rings. The van der Waals surface area contributed by atoms with Crippen molar-refractivity contribution in [1.82, 2.24) is 0 Å². The van der Waals surface area contributed by atoms with Gasteiger partial charge in [-0.25, -0.2) is 0 Å². The van der Waals surface area contributed by atoms with Gasteiger partial charge in [0, 0.05) is 16.3 Å². The first-order valence-electron chi connectivity index (χ1n) is 7.41. The third-order valence-electron chi connectivity index (χ3n) is 4.11. The summed E-state index contributed by atoms with van der Waals surface area (Å²) in [6.07, 6.45) is -0.893. The number of aryl methyl sites for hydroxylation is 1. The molecule has 4 heteroatoms. The van der Waals surface area contributed by atoms with E-state index in [1.807, 2.05) is 55.5 Å². The minimum Gasteiger partial charge on any atom is -0.497 e. The van der Waals surface area contributed by atoms with E-state index in [9.17, 15) is 5.11 Å². The molecule has 0 bridgehead atoms.